The molecule has 1 N–H and O–H groups in total. The summed E-state index contributed by atoms with van der Waals surface area (Å²) in [6.07, 6.45) is 3.31. The van der Waals surface area contributed by atoms with E-state index in [0.29, 0.717) is 0 Å². The molecule has 1 aliphatic carbocycles. The summed E-state index contributed by atoms with van der Waals surface area (Å²) in [6.45, 7) is 4.22. The van der Waals surface area contributed by atoms with Crippen LogP contribution in [-0.2, 0) is 12.8 Å². The van der Waals surface area contributed by atoms with E-state index in [9.17, 15) is 5.11 Å². The maximum absolute atomic E-state index is 10.2. The van der Waals surface area contributed by atoms with E-state index in [1.165, 1.54) is 16.5 Å². The van der Waals surface area contributed by atoms with Gasteiger partial charge in [-0.1, -0.05) is 24.6 Å². The summed E-state index contributed by atoms with van der Waals surface area (Å²) in [5, 5.41) is 12.1. The minimum Gasteiger partial charge on any atom is -0.387 e. The topological polar surface area (TPSA) is 33.1 Å². The van der Waals surface area contributed by atoms with Crippen molar-refractivity contribution >= 4 is 22.5 Å². The Bertz CT molecular complexity index is 651. The number of aliphatic hydroxyl groups is 1. The average Bonchev–Trinajstić information content (AvgIpc) is 2.40. The quantitative estimate of drug-likeness (QED) is 0.849. The van der Waals surface area contributed by atoms with Gasteiger partial charge >= 0.3 is 0 Å². The van der Waals surface area contributed by atoms with Crippen LogP contribution in [-0.4, -0.2) is 10.1 Å². The van der Waals surface area contributed by atoms with Crippen molar-refractivity contribution in [3.05, 3.63) is 39.5 Å². The Labute approximate surface area is 118 Å². The molecular formula is C16H18ClNO. The number of aromatic nitrogens is 1. The number of benzene rings is 1. The van der Waals surface area contributed by atoms with Gasteiger partial charge in [0.05, 0.1) is 17.3 Å². The first-order valence-electron chi connectivity index (χ1n) is 6.92. The summed E-state index contributed by atoms with van der Waals surface area (Å²) in [5.74, 6) is 0. The highest BCUT2D eigenvalue weighted by atomic mass is 35.5. The monoisotopic (exact) mass is 275 g/mol. The third-order valence-electron chi connectivity index (χ3n) is 4.20. The molecule has 2 nitrogen and oxygen atoms in total. The molecule has 0 fully saturated rings. The maximum Gasteiger partial charge on any atom is 0.0963 e. The fraction of sp³-hybridized carbons (Fsp3) is 0.438. The van der Waals surface area contributed by atoms with Crippen LogP contribution in [0.5, 0.6) is 0 Å². The van der Waals surface area contributed by atoms with Crippen molar-refractivity contribution in [1.29, 1.82) is 0 Å². The van der Waals surface area contributed by atoms with E-state index in [1.54, 1.807) is 0 Å². The zero-order valence-corrected chi connectivity index (χ0v) is 12.1. The molecule has 1 aliphatic rings. The predicted molar refractivity (Wildman–Crippen MR) is 78.8 cm³/mol. The third-order valence-corrected chi connectivity index (χ3v) is 4.55. The molecule has 3 heteroatoms. The number of aryl methyl sites for hydroxylation is 2. The standard InChI is InChI=1S/C16H18ClNO/c1-3-10-13(17)8-7-12-9(2)11-5-4-6-14(19)16(11)18-15(10)12/h7-8,14,19H,3-6H2,1-2H3. The Morgan fingerprint density at radius 1 is 1.42 bits per heavy atom. The molecule has 1 aromatic heterocycles. The Kier molecular flexibility index (Phi) is 3.23. The van der Waals surface area contributed by atoms with Crippen molar-refractivity contribution in [3.8, 4) is 0 Å². The smallest absolute Gasteiger partial charge is 0.0963 e. The number of fused-ring (bicyclic) bond motifs is 2. The maximum atomic E-state index is 10.2. The van der Waals surface area contributed by atoms with Gasteiger partial charge in [0.2, 0.25) is 0 Å². The second-order valence-corrected chi connectivity index (χ2v) is 5.69. The molecule has 100 valence electrons. The molecule has 1 atom stereocenters. The van der Waals surface area contributed by atoms with Gasteiger partial charge in [0.1, 0.15) is 0 Å². The summed E-state index contributed by atoms with van der Waals surface area (Å²) in [6, 6.07) is 4.02. The van der Waals surface area contributed by atoms with Crippen molar-refractivity contribution in [1.82, 2.24) is 4.98 Å². The lowest BCUT2D eigenvalue weighted by molar-refractivity contribution is 0.152. The molecule has 2 aromatic rings. The van der Waals surface area contributed by atoms with Gasteiger partial charge in [0.25, 0.3) is 0 Å². The van der Waals surface area contributed by atoms with Gasteiger partial charge in [-0.25, -0.2) is 4.98 Å². The molecule has 0 saturated heterocycles. The van der Waals surface area contributed by atoms with Crippen molar-refractivity contribution < 1.29 is 5.11 Å². The first-order chi connectivity index (χ1) is 9.13. The van der Waals surface area contributed by atoms with E-state index in [2.05, 4.69) is 19.9 Å². The normalized spacial score (nSPS) is 18.6. The van der Waals surface area contributed by atoms with E-state index in [0.717, 1.165) is 47.5 Å². The van der Waals surface area contributed by atoms with Crippen molar-refractivity contribution in [2.75, 3.05) is 0 Å². The van der Waals surface area contributed by atoms with Gasteiger partial charge in [-0.3, -0.25) is 0 Å². The van der Waals surface area contributed by atoms with Crippen LogP contribution in [0, 0.1) is 6.92 Å². The SMILES string of the molecule is CCc1c(Cl)ccc2c(C)c3c(nc12)C(O)CCC3. The Morgan fingerprint density at radius 3 is 2.95 bits per heavy atom. The van der Waals surface area contributed by atoms with Crippen LogP contribution in [0.2, 0.25) is 5.02 Å². The van der Waals surface area contributed by atoms with Crippen LogP contribution in [0.4, 0.5) is 0 Å². The number of aliphatic hydroxyl groups excluding tert-OH is 1. The number of hydrogen-bond acceptors (Lipinski definition) is 2. The first-order valence-corrected chi connectivity index (χ1v) is 7.29. The van der Waals surface area contributed by atoms with Crippen molar-refractivity contribution in [2.45, 2.75) is 45.6 Å². The lowest BCUT2D eigenvalue weighted by atomic mass is 9.88. The molecule has 0 aliphatic heterocycles. The molecule has 0 saturated carbocycles. The summed E-state index contributed by atoms with van der Waals surface area (Å²) in [7, 11) is 0. The number of rotatable bonds is 1. The molecule has 1 unspecified atom stereocenters. The number of pyridine rings is 1. The van der Waals surface area contributed by atoms with Gasteiger partial charge in [0, 0.05) is 10.4 Å². The number of nitrogens with zero attached hydrogens (tertiary/aromatic N) is 1. The summed E-state index contributed by atoms with van der Waals surface area (Å²) in [4.78, 5) is 4.75. The number of hydrogen-bond donors (Lipinski definition) is 1. The second kappa shape index (κ2) is 4.77. The van der Waals surface area contributed by atoms with Gasteiger partial charge in [-0.05, 0) is 55.4 Å². The molecule has 0 spiro atoms. The van der Waals surface area contributed by atoms with Gasteiger partial charge in [-0.2, -0.15) is 0 Å². The molecule has 3 rings (SSSR count). The minimum atomic E-state index is -0.421. The lowest BCUT2D eigenvalue weighted by Crippen LogP contribution is -2.14. The van der Waals surface area contributed by atoms with Gasteiger partial charge < -0.3 is 5.11 Å². The summed E-state index contributed by atoms with van der Waals surface area (Å²) < 4.78 is 0. The molecule has 0 bridgehead atoms. The Morgan fingerprint density at radius 2 is 2.21 bits per heavy atom. The van der Waals surface area contributed by atoms with Crippen molar-refractivity contribution in [2.24, 2.45) is 0 Å². The predicted octanol–water partition coefficient (Wildman–Crippen LogP) is 4.13. The van der Waals surface area contributed by atoms with Crippen LogP contribution in [0.3, 0.4) is 0 Å². The Balaban J connectivity index is 2.39. The molecular weight excluding hydrogens is 258 g/mol. The van der Waals surface area contributed by atoms with Crippen LogP contribution in [0.1, 0.15) is 48.3 Å². The largest absolute Gasteiger partial charge is 0.387 e. The second-order valence-electron chi connectivity index (χ2n) is 5.28. The van der Waals surface area contributed by atoms with E-state index >= 15 is 0 Å². The molecule has 19 heavy (non-hydrogen) atoms. The fourth-order valence-electron chi connectivity index (χ4n) is 3.12. The summed E-state index contributed by atoms with van der Waals surface area (Å²) >= 11 is 6.27. The highest BCUT2D eigenvalue weighted by molar-refractivity contribution is 6.32. The fourth-order valence-corrected chi connectivity index (χ4v) is 3.41. The van der Waals surface area contributed by atoms with Crippen molar-refractivity contribution in [3.63, 3.8) is 0 Å². The van der Waals surface area contributed by atoms with Gasteiger partial charge in [-0.15, -0.1) is 0 Å². The van der Waals surface area contributed by atoms with E-state index in [-0.39, 0.29) is 0 Å². The summed E-state index contributed by atoms with van der Waals surface area (Å²) in [5.41, 5.74) is 5.41. The zero-order chi connectivity index (χ0) is 13.6. The zero-order valence-electron chi connectivity index (χ0n) is 11.3. The van der Waals surface area contributed by atoms with Crippen LogP contribution in [0.15, 0.2) is 12.1 Å². The first kappa shape index (κ1) is 12.9. The Hall–Kier alpha value is -1.12. The molecule has 1 aromatic carbocycles. The molecule has 1 heterocycles. The average molecular weight is 276 g/mol. The third kappa shape index (κ3) is 1.94. The molecule has 0 amide bonds. The highest BCUT2D eigenvalue weighted by Gasteiger charge is 2.23. The van der Waals surface area contributed by atoms with Crippen LogP contribution < -0.4 is 0 Å². The van der Waals surface area contributed by atoms with Crippen LogP contribution >= 0.6 is 11.6 Å². The van der Waals surface area contributed by atoms with E-state index < -0.39 is 6.10 Å². The van der Waals surface area contributed by atoms with E-state index in [1.807, 2.05) is 6.07 Å². The van der Waals surface area contributed by atoms with Gasteiger partial charge in [0.15, 0.2) is 0 Å². The molecule has 0 radical (unpaired) electrons. The van der Waals surface area contributed by atoms with E-state index in [4.69, 9.17) is 16.6 Å². The minimum absolute atomic E-state index is 0.421. The lowest BCUT2D eigenvalue weighted by Gasteiger charge is -2.24. The van der Waals surface area contributed by atoms with Crippen LogP contribution in [0.25, 0.3) is 10.9 Å². The number of halogens is 1. The highest BCUT2D eigenvalue weighted by Crippen LogP contribution is 2.36.